The molecule has 0 spiro atoms. The zero-order chi connectivity index (χ0) is 20.5. The maximum Gasteiger partial charge on any atom is 0.251 e. The molecule has 0 aromatic heterocycles. The lowest BCUT2D eigenvalue weighted by molar-refractivity contribution is -0.125. The Kier molecular flexibility index (Phi) is 8.70. The van der Waals surface area contributed by atoms with Gasteiger partial charge in [0.05, 0.1) is 0 Å². The third kappa shape index (κ3) is 6.19. The van der Waals surface area contributed by atoms with E-state index in [4.69, 9.17) is 12.2 Å². The van der Waals surface area contributed by atoms with Gasteiger partial charge in [0.2, 0.25) is 5.91 Å². The highest BCUT2D eigenvalue weighted by molar-refractivity contribution is 7.80. The predicted molar refractivity (Wildman–Crippen MR) is 116 cm³/mol. The standard InChI is InChI=1S/C21H32N4O2S/c1-4-15(3)23-20(27)18(24-19(26)17-9-7-6-8-10-17)16-11-13-25(14-12-16)21(28)22-5-2/h6-10,15-16,18H,4-5,11-14H2,1-3H3,(H,22,28)(H,23,27)(H,24,26)/t15-,18+/m0/s1. The van der Waals surface area contributed by atoms with Crippen LogP contribution < -0.4 is 16.0 Å². The van der Waals surface area contributed by atoms with Gasteiger partial charge in [-0.3, -0.25) is 9.59 Å². The minimum absolute atomic E-state index is 0.0741. The number of piperidine rings is 1. The van der Waals surface area contributed by atoms with Crippen molar-refractivity contribution in [2.75, 3.05) is 19.6 Å². The van der Waals surface area contributed by atoms with Gasteiger partial charge in [-0.1, -0.05) is 25.1 Å². The molecule has 28 heavy (non-hydrogen) atoms. The lowest BCUT2D eigenvalue weighted by Crippen LogP contribution is -2.55. The van der Waals surface area contributed by atoms with Crippen LogP contribution in [0, 0.1) is 5.92 Å². The van der Waals surface area contributed by atoms with Gasteiger partial charge in [0.1, 0.15) is 6.04 Å². The minimum Gasteiger partial charge on any atom is -0.363 e. The van der Waals surface area contributed by atoms with Crippen molar-refractivity contribution >= 4 is 29.1 Å². The summed E-state index contributed by atoms with van der Waals surface area (Å²) in [7, 11) is 0. The molecule has 2 atom stereocenters. The zero-order valence-corrected chi connectivity index (χ0v) is 17.8. The third-order valence-corrected chi connectivity index (χ3v) is 5.63. The van der Waals surface area contributed by atoms with Gasteiger partial charge in [0.25, 0.3) is 5.91 Å². The highest BCUT2D eigenvalue weighted by Crippen LogP contribution is 2.22. The van der Waals surface area contributed by atoms with Crippen LogP contribution in [-0.4, -0.2) is 53.5 Å². The van der Waals surface area contributed by atoms with Crippen molar-refractivity contribution in [1.82, 2.24) is 20.9 Å². The molecule has 1 aromatic carbocycles. The molecule has 0 radical (unpaired) electrons. The van der Waals surface area contributed by atoms with Crippen molar-refractivity contribution in [3.05, 3.63) is 35.9 Å². The number of thiocarbonyl (C=S) groups is 1. The molecule has 1 fully saturated rings. The van der Waals surface area contributed by atoms with Crippen molar-refractivity contribution in [3.63, 3.8) is 0 Å². The van der Waals surface area contributed by atoms with Crippen LogP contribution >= 0.6 is 12.2 Å². The SMILES string of the molecule is CCNC(=S)N1CCC([C@@H](NC(=O)c2ccccc2)C(=O)N[C@@H](C)CC)CC1. The zero-order valence-electron chi connectivity index (χ0n) is 17.0. The summed E-state index contributed by atoms with van der Waals surface area (Å²) in [5.74, 6) is -0.237. The Labute approximate surface area is 173 Å². The number of likely N-dealkylation sites (tertiary alicyclic amines) is 1. The van der Waals surface area contributed by atoms with Crippen molar-refractivity contribution in [2.24, 2.45) is 5.92 Å². The smallest absolute Gasteiger partial charge is 0.251 e. The molecule has 1 saturated heterocycles. The number of carbonyl (C=O) groups is 2. The van der Waals surface area contributed by atoms with E-state index in [9.17, 15) is 9.59 Å². The fourth-order valence-corrected chi connectivity index (χ4v) is 3.67. The summed E-state index contributed by atoms with van der Waals surface area (Å²) in [5, 5.41) is 9.95. The molecule has 154 valence electrons. The van der Waals surface area contributed by atoms with Crippen molar-refractivity contribution in [2.45, 2.75) is 52.1 Å². The predicted octanol–water partition coefficient (Wildman–Crippen LogP) is 2.31. The van der Waals surface area contributed by atoms with Gasteiger partial charge in [0, 0.05) is 31.2 Å². The summed E-state index contributed by atoms with van der Waals surface area (Å²) in [4.78, 5) is 27.7. The van der Waals surface area contributed by atoms with E-state index in [2.05, 4.69) is 20.9 Å². The number of hydrogen-bond acceptors (Lipinski definition) is 3. The highest BCUT2D eigenvalue weighted by atomic mass is 32.1. The van der Waals surface area contributed by atoms with Crippen molar-refractivity contribution in [1.29, 1.82) is 0 Å². The van der Waals surface area contributed by atoms with E-state index >= 15 is 0 Å². The minimum atomic E-state index is -0.545. The first-order chi connectivity index (χ1) is 13.5. The van der Waals surface area contributed by atoms with Crippen LogP contribution in [0.5, 0.6) is 0 Å². The lowest BCUT2D eigenvalue weighted by atomic mass is 9.88. The lowest BCUT2D eigenvalue weighted by Gasteiger charge is -2.37. The average Bonchev–Trinajstić information content (AvgIpc) is 2.72. The number of carbonyl (C=O) groups excluding carboxylic acids is 2. The summed E-state index contributed by atoms with van der Waals surface area (Å²) in [6, 6.07) is 8.56. The summed E-state index contributed by atoms with van der Waals surface area (Å²) < 4.78 is 0. The second-order valence-electron chi connectivity index (χ2n) is 7.30. The van der Waals surface area contributed by atoms with E-state index in [1.54, 1.807) is 12.1 Å². The first-order valence-electron chi connectivity index (χ1n) is 10.1. The molecule has 0 saturated carbocycles. The van der Waals surface area contributed by atoms with Crippen LogP contribution in [0.3, 0.4) is 0 Å². The topological polar surface area (TPSA) is 73.5 Å². The third-order valence-electron chi connectivity index (χ3n) is 5.23. The van der Waals surface area contributed by atoms with Gasteiger partial charge in [0.15, 0.2) is 5.11 Å². The molecule has 7 heteroatoms. The first kappa shape index (κ1) is 22.1. The molecule has 1 aliphatic heterocycles. The average molecular weight is 405 g/mol. The van der Waals surface area contributed by atoms with Crippen LogP contribution in [0.15, 0.2) is 30.3 Å². The monoisotopic (exact) mass is 404 g/mol. The van der Waals surface area contributed by atoms with Crippen molar-refractivity contribution < 1.29 is 9.59 Å². The molecule has 0 aliphatic carbocycles. The van der Waals surface area contributed by atoms with Crippen LogP contribution in [0.2, 0.25) is 0 Å². The fraction of sp³-hybridized carbons (Fsp3) is 0.571. The van der Waals surface area contributed by atoms with Crippen LogP contribution in [-0.2, 0) is 4.79 Å². The van der Waals surface area contributed by atoms with Gasteiger partial charge in [-0.2, -0.15) is 0 Å². The van der Waals surface area contributed by atoms with Gasteiger partial charge >= 0.3 is 0 Å². The first-order valence-corrected chi connectivity index (χ1v) is 10.6. The number of hydrogen-bond donors (Lipinski definition) is 3. The molecule has 3 N–H and O–H groups in total. The van der Waals surface area contributed by atoms with E-state index in [0.29, 0.717) is 5.56 Å². The van der Waals surface area contributed by atoms with Gasteiger partial charge in [-0.15, -0.1) is 0 Å². The van der Waals surface area contributed by atoms with Gasteiger partial charge in [-0.25, -0.2) is 0 Å². The molecule has 0 bridgehead atoms. The maximum atomic E-state index is 12.9. The van der Waals surface area contributed by atoms with Gasteiger partial charge in [-0.05, 0) is 63.4 Å². The Balaban J connectivity index is 2.07. The molecule has 1 heterocycles. The molecular formula is C21H32N4O2S. The number of rotatable bonds is 7. The van der Waals surface area contributed by atoms with E-state index in [-0.39, 0.29) is 23.8 Å². The molecular weight excluding hydrogens is 372 g/mol. The number of benzene rings is 1. The van der Waals surface area contributed by atoms with E-state index in [0.717, 1.165) is 44.0 Å². The Hall–Kier alpha value is -2.15. The Bertz CT molecular complexity index is 660. The fourth-order valence-electron chi connectivity index (χ4n) is 3.35. The summed E-state index contributed by atoms with van der Waals surface area (Å²) in [6.07, 6.45) is 2.46. The largest absolute Gasteiger partial charge is 0.363 e. The molecule has 1 aliphatic rings. The number of nitrogens with one attached hydrogen (secondary N) is 3. The highest BCUT2D eigenvalue weighted by Gasteiger charge is 2.33. The molecule has 2 rings (SSSR count). The second kappa shape index (κ2) is 11.0. The van der Waals surface area contributed by atoms with Crippen LogP contribution in [0.25, 0.3) is 0 Å². The summed E-state index contributed by atoms with van der Waals surface area (Å²) in [6.45, 7) is 8.39. The molecule has 6 nitrogen and oxygen atoms in total. The Morgan fingerprint density at radius 3 is 2.36 bits per heavy atom. The quantitative estimate of drug-likeness (QED) is 0.608. The Morgan fingerprint density at radius 1 is 1.14 bits per heavy atom. The normalized spacial score (nSPS) is 16.8. The molecule has 2 amide bonds. The maximum absolute atomic E-state index is 12.9. The number of amides is 2. The Morgan fingerprint density at radius 2 is 1.79 bits per heavy atom. The van der Waals surface area contributed by atoms with Crippen LogP contribution in [0.4, 0.5) is 0 Å². The second-order valence-corrected chi connectivity index (χ2v) is 7.68. The number of nitrogens with zero attached hydrogens (tertiary/aromatic N) is 1. The van der Waals surface area contributed by atoms with E-state index < -0.39 is 6.04 Å². The van der Waals surface area contributed by atoms with E-state index in [1.165, 1.54) is 0 Å². The van der Waals surface area contributed by atoms with E-state index in [1.807, 2.05) is 39.0 Å². The summed E-state index contributed by atoms with van der Waals surface area (Å²) >= 11 is 5.40. The van der Waals surface area contributed by atoms with Crippen LogP contribution in [0.1, 0.15) is 50.4 Å². The molecule has 1 aromatic rings. The van der Waals surface area contributed by atoms with Crippen molar-refractivity contribution in [3.8, 4) is 0 Å². The summed E-state index contributed by atoms with van der Waals surface area (Å²) in [5.41, 5.74) is 0.564. The molecule has 0 unspecified atom stereocenters. The van der Waals surface area contributed by atoms with Gasteiger partial charge < -0.3 is 20.9 Å².